The minimum Gasteiger partial charge on any atom is -0.370 e. The molecule has 2 aromatic rings. The zero-order valence-corrected chi connectivity index (χ0v) is 17.4. The fourth-order valence-corrected chi connectivity index (χ4v) is 5.89. The van der Waals surface area contributed by atoms with Crippen LogP contribution in [0.2, 0.25) is 0 Å². The number of hydrogen-bond acceptors (Lipinski definition) is 3. The molecule has 0 aromatic heterocycles. The molecule has 3 rings (SSSR count). The molecule has 2 unspecified atom stereocenters. The van der Waals surface area contributed by atoms with E-state index in [1.807, 2.05) is 6.92 Å². The first-order chi connectivity index (χ1) is 13.8. The number of carbonyl (C=O) groups excluding carboxylic acids is 1. The first-order valence-electron chi connectivity index (χ1n) is 9.93. The van der Waals surface area contributed by atoms with Crippen molar-refractivity contribution in [2.24, 2.45) is 5.73 Å². The van der Waals surface area contributed by atoms with Crippen molar-refractivity contribution < 1.29 is 17.6 Å². The third-order valence-corrected chi connectivity index (χ3v) is 7.48. The average Bonchev–Trinajstić information content (AvgIpc) is 3.11. The first kappa shape index (κ1) is 21.5. The van der Waals surface area contributed by atoms with Gasteiger partial charge in [0.1, 0.15) is 5.82 Å². The lowest BCUT2D eigenvalue weighted by Crippen LogP contribution is -2.37. The number of halogens is 1. The Kier molecular flexibility index (Phi) is 6.70. The number of aryl methyl sites for hydroxylation is 1. The number of nitrogens with two attached hydrogens (primary N) is 1. The zero-order valence-electron chi connectivity index (χ0n) is 16.6. The molecule has 2 N–H and O–H groups in total. The minimum atomic E-state index is -3.72. The van der Waals surface area contributed by atoms with Gasteiger partial charge in [0, 0.05) is 12.5 Å². The normalized spacial score (nSPS) is 20.1. The van der Waals surface area contributed by atoms with Crippen LogP contribution in [0.5, 0.6) is 0 Å². The van der Waals surface area contributed by atoms with Crippen molar-refractivity contribution in [1.29, 1.82) is 0 Å². The lowest BCUT2D eigenvalue weighted by molar-refractivity contribution is -0.118. The van der Waals surface area contributed by atoms with E-state index in [1.54, 1.807) is 40.7 Å². The molecule has 156 valence electrons. The second-order valence-electron chi connectivity index (χ2n) is 7.66. The number of hydrogen-bond donors (Lipinski definition) is 1. The van der Waals surface area contributed by atoms with Crippen LogP contribution >= 0.6 is 0 Å². The lowest BCUT2D eigenvalue weighted by atomic mass is 10.0. The summed E-state index contributed by atoms with van der Waals surface area (Å²) in [5.74, 6) is -0.688. The molecule has 5 nitrogen and oxygen atoms in total. The van der Waals surface area contributed by atoms with Gasteiger partial charge in [-0.05, 0) is 62.4 Å². The third kappa shape index (κ3) is 5.03. The molecule has 0 bridgehead atoms. The average molecular weight is 419 g/mol. The Bertz CT molecular complexity index is 943. The molecular formula is C22H27FN2O3S. The summed E-state index contributed by atoms with van der Waals surface area (Å²) in [6, 6.07) is 12.4. The molecule has 0 radical (unpaired) electrons. The SMILES string of the molecule is Cc1ccc(S(=O)(=O)N2C(CCCCC(N)=O)CCC2c2ccc(F)cc2)cc1. The quantitative estimate of drug-likeness (QED) is 0.656. The summed E-state index contributed by atoms with van der Waals surface area (Å²) in [6.07, 6.45) is 3.74. The van der Waals surface area contributed by atoms with Crippen molar-refractivity contribution in [3.05, 3.63) is 65.5 Å². The van der Waals surface area contributed by atoms with E-state index in [0.29, 0.717) is 25.7 Å². The second kappa shape index (κ2) is 9.05. The maximum atomic E-state index is 13.5. The van der Waals surface area contributed by atoms with Crippen LogP contribution in [0, 0.1) is 12.7 Å². The minimum absolute atomic E-state index is 0.163. The van der Waals surface area contributed by atoms with E-state index in [2.05, 4.69) is 0 Å². The van der Waals surface area contributed by atoms with Crippen molar-refractivity contribution in [2.75, 3.05) is 0 Å². The molecule has 7 heteroatoms. The predicted octanol–water partition coefficient (Wildman–Crippen LogP) is 4.07. The molecule has 2 atom stereocenters. The summed E-state index contributed by atoms with van der Waals surface area (Å²) in [5, 5.41) is 0. The number of rotatable bonds is 8. The van der Waals surface area contributed by atoms with Crippen molar-refractivity contribution in [3.8, 4) is 0 Å². The van der Waals surface area contributed by atoms with E-state index < -0.39 is 10.0 Å². The third-order valence-electron chi connectivity index (χ3n) is 5.50. The highest BCUT2D eigenvalue weighted by Crippen LogP contribution is 2.42. The van der Waals surface area contributed by atoms with Crippen LogP contribution < -0.4 is 5.73 Å². The number of unbranched alkanes of at least 4 members (excludes halogenated alkanes) is 1. The molecule has 1 amide bonds. The van der Waals surface area contributed by atoms with E-state index in [4.69, 9.17) is 5.73 Å². The van der Waals surface area contributed by atoms with Gasteiger partial charge >= 0.3 is 0 Å². The lowest BCUT2D eigenvalue weighted by Gasteiger charge is -2.30. The van der Waals surface area contributed by atoms with Crippen LogP contribution in [0.1, 0.15) is 55.7 Å². The smallest absolute Gasteiger partial charge is 0.243 e. The largest absolute Gasteiger partial charge is 0.370 e. The van der Waals surface area contributed by atoms with Gasteiger partial charge in [-0.1, -0.05) is 36.2 Å². The molecule has 0 saturated carbocycles. The molecule has 1 fully saturated rings. The van der Waals surface area contributed by atoms with E-state index in [9.17, 15) is 17.6 Å². The Morgan fingerprint density at radius 2 is 1.72 bits per heavy atom. The number of carbonyl (C=O) groups is 1. The Morgan fingerprint density at radius 3 is 2.34 bits per heavy atom. The number of amides is 1. The number of benzene rings is 2. The Morgan fingerprint density at radius 1 is 1.07 bits per heavy atom. The maximum Gasteiger partial charge on any atom is 0.243 e. The van der Waals surface area contributed by atoms with Gasteiger partial charge in [-0.3, -0.25) is 4.79 Å². The molecule has 1 saturated heterocycles. The maximum absolute atomic E-state index is 13.5. The highest BCUT2D eigenvalue weighted by atomic mass is 32.2. The standard InChI is InChI=1S/C22H27FN2O3S/c1-16-6-13-20(14-7-16)29(27,28)25-19(4-2-3-5-22(24)26)12-15-21(25)17-8-10-18(23)11-9-17/h6-11,13-14,19,21H,2-5,12,15H2,1H3,(H2,24,26). The van der Waals surface area contributed by atoms with Gasteiger partial charge in [-0.15, -0.1) is 0 Å². The van der Waals surface area contributed by atoms with Gasteiger partial charge in [0.15, 0.2) is 0 Å². The summed E-state index contributed by atoms with van der Waals surface area (Å²) in [4.78, 5) is 11.2. The van der Waals surface area contributed by atoms with Crippen molar-refractivity contribution in [2.45, 2.75) is 62.4 Å². The number of nitrogens with zero attached hydrogens (tertiary/aromatic N) is 1. The summed E-state index contributed by atoms with van der Waals surface area (Å²) in [6.45, 7) is 1.91. The van der Waals surface area contributed by atoms with E-state index >= 15 is 0 Å². The van der Waals surface area contributed by atoms with Crippen LogP contribution in [0.25, 0.3) is 0 Å². The van der Waals surface area contributed by atoms with E-state index in [-0.39, 0.29) is 28.7 Å². The molecule has 1 aliphatic rings. The van der Waals surface area contributed by atoms with Crippen LogP contribution in [0.3, 0.4) is 0 Å². The summed E-state index contributed by atoms with van der Waals surface area (Å²) >= 11 is 0. The van der Waals surface area contributed by atoms with Crippen LogP contribution in [0.4, 0.5) is 4.39 Å². The Labute approximate surface area is 171 Å². The molecule has 29 heavy (non-hydrogen) atoms. The van der Waals surface area contributed by atoms with Gasteiger partial charge in [-0.25, -0.2) is 12.8 Å². The van der Waals surface area contributed by atoms with Gasteiger partial charge in [0.2, 0.25) is 15.9 Å². The second-order valence-corrected chi connectivity index (χ2v) is 9.50. The molecule has 2 aromatic carbocycles. The highest BCUT2D eigenvalue weighted by molar-refractivity contribution is 7.89. The molecule has 0 spiro atoms. The van der Waals surface area contributed by atoms with Gasteiger partial charge in [0.05, 0.1) is 10.9 Å². The number of sulfonamides is 1. The van der Waals surface area contributed by atoms with Crippen LogP contribution in [0.15, 0.2) is 53.4 Å². The first-order valence-corrected chi connectivity index (χ1v) is 11.4. The Balaban J connectivity index is 1.89. The molecular weight excluding hydrogens is 391 g/mol. The topological polar surface area (TPSA) is 80.5 Å². The fourth-order valence-electron chi connectivity index (χ4n) is 4.00. The monoisotopic (exact) mass is 418 g/mol. The van der Waals surface area contributed by atoms with E-state index in [1.165, 1.54) is 12.1 Å². The molecule has 1 aliphatic heterocycles. The van der Waals surface area contributed by atoms with Crippen LogP contribution in [-0.4, -0.2) is 24.7 Å². The zero-order chi connectivity index (χ0) is 21.0. The van der Waals surface area contributed by atoms with Gasteiger partial charge < -0.3 is 5.73 Å². The summed E-state index contributed by atoms with van der Waals surface area (Å²) in [5.41, 5.74) is 6.99. The van der Waals surface area contributed by atoms with Crippen molar-refractivity contribution in [3.63, 3.8) is 0 Å². The van der Waals surface area contributed by atoms with Gasteiger partial charge in [0.25, 0.3) is 0 Å². The summed E-state index contributed by atoms with van der Waals surface area (Å²) in [7, 11) is -3.72. The van der Waals surface area contributed by atoms with E-state index in [0.717, 1.165) is 24.0 Å². The molecule has 0 aliphatic carbocycles. The number of primary amides is 1. The fraction of sp³-hybridized carbons (Fsp3) is 0.409. The van der Waals surface area contributed by atoms with Crippen molar-refractivity contribution in [1.82, 2.24) is 4.31 Å². The predicted molar refractivity (Wildman–Crippen MR) is 110 cm³/mol. The Hall–Kier alpha value is -2.25. The summed E-state index contributed by atoms with van der Waals surface area (Å²) < 4.78 is 42.0. The highest BCUT2D eigenvalue weighted by Gasteiger charge is 2.42. The van der Waals surface area contributed by atoms with Crippen LogP contribution in [-0.2, 0) is 14.8 Å². The molecule has 1 heterocycles. The van der Waals surface area contributed by atoms with Crippen molar-refractivity contribution >= 4 is 15.9 Å². The van der Waals surface area contributed by atoms with Gasteiger partial charge in [-0.2, -0.15) is 4.31 Å².